The molecule has 7 heteroatoms. The summed E-state index contributed by atoms with van der Waals surface area (Å²) in [5.41, 5.74) is 0.339. The fourth-order valence-electron chi connectivity index (χ4n) is 1.70. The smallest absolute Gasteiger partial charge is 0.326 e. The van der Waals surface area contributed by atoms with E-state index in [4.69, 9.17) is 28.3 Å². The summed E-state index contributed by atoms with van der Waals surface area (Å²) in [5, 5.41) is 14.7. The van der Waals surface area contributed by atoms with Crippen LogP contribution in [0.15, 0.2) is 18.2 Å². The molecule has 1 aliphatic rings. The van der Waals surface area contributed by atoms with Gasteiger partial charge in [-0.2, -0.15) is 0 Å². The van der Waals surface area contributed by atoms with Crippen molar-refractivity contribution in [1.29, 1.82) is 0 Å². The van der Waals surface area contributed by atoms with E-state index in [0.29, 0.717) is 15.7 Å². The first-order valence-electron chi connectivity index (χ1n) is 5.73. The Morgan fingerprint density at radius 2 is 2.00 bits per heavy atom. The van der Waals surface area contributed by atoms with Crippen LogP contribution in [0.5, 0.6) is 0 Å². The minimum absolute atomic E-state index is 0.0121. The van der Waals surface area contributed by atoms with Gasteiger partial charge in [-0.1, -0.05) is 23.2 Å². The van der Waals surface area contributed by atoms with Crippen LogP contribution < -0.4 is 10.6 Å². The number of nitrogens with one attached hydrogen (secondary N) is 2. The van der Waals surface area contributed by atoms with E-state index in [9.17, 15) is 9.59 Å². The van der Waals surface area contributed by atoms with E-state index in [2.05, 4.69) is 10.6 Å². The lowest BCUT2D eigenvalue weighted by molar-refractivity contribution is -0.139. The van der Waals surface area contributed by atoms with Gasteiger partial charge in [0.2, 0.25) is 0 Å². The van der Waals surface area contributed by atoms with Crippen molar-refractivity contribution < 1.29 is 14.7 Å². The van der Waals surface area contributed by atoms with Gasteiger partial charge in [-0.25, -0.2) is 9.59 Å². The van der Waals surface area contributed by atoms with Gasteiger partial charge in [-0.05, 0) is 37.0 Å². The van der Waals surface area contributed by atoms with E-state index in [1.54, 1.807) is 12.1 Å². The molecule has 0 bridgehead atoms. The second-order valence-electron chi connectivity index (χ2n) is 4.38. The highest BCUT2D eigenvalue weighted by Gasteiger charge is 2.37. The van der Waals surface area contributed by atoms with E-state index in [1.165, 1.54) is 6.07 Å². The maximum Gasteiger partial charge on any atom is 0.326 e. The van der Waals surface area contributed by atoms with Crippen molar-refractivity contribution in [3.05, 3.63) is 28.2 Å². The molecular weight excluding hydrogens is 291 g/mol. The monoisotopic (exact) mass is 302 g/mol. The van der Waals surface area contributed by atoms with E-state index in [1.807, 2.05) is 0 Å². The molecule has 1 aliphatic carbocycles. The minimum Gasteiger partial charge on any atom is -0.480 e. The largest absolute Gasteiger partial charge is 0.480 e. The van der Waals surface area contributed by atoms with E-state index < -0.39 is 18.0 Å². The number of carbonyl (C=O) groups is 2. The summed E-state index contributed by atoms with van der Waals surface area (Å²) in [5.74, 6) is -1.02. The first kappa shape index (κ1) is 14.0. The molecule has 2 rings (SSSR count). The van der Waals surface area contributed by atoms with Crippen molar-refractivity contribution in [2.45, 2.75) is 18.9 Å². The molecular formula is C12H12Cl2N2O3. The van der Waals surface area contributed by atoms with Crippen molar-refractivity contribution in [1.82, 2.24) is 5.32 Å². The van der Waals surface area contributed by atoms with Gasteiger partial charge in [-0.3, -0.25) is 0 Å². The number of carbonyl (C=O) groups excluding carboxylic acids is 1. The van der Waals surface area contributed by atoms with E-state index in [0.717, 1.165) is 12.8 Å². The molecule has 0 radical (unpaired) electrons. The lowest BCUT2D eigenvalue weighted by Gasteiger charge is -2.15. The van der Waals surface area contributed by atoms with Crippen molar-refractivity contribution in [3.63, 3.8) is 0 Å². The standard InChI is InChI=1S/C12H12Cl2N2O3/c13-7-3-4-8(14)9(5-7)15-12(19)16-10(11(17)18)6-1-2-6/h3-6,10H,1-2H2,(H,17,18)(H2,15,16,19). The molecule has 0 aliphatic heterocycles. The minimum atomic E-state index is -1.03. The van der Waals surface area contributed by atoms with Crippen molar-refractivity contribution in [2.24, 2.45) is 5.92 Å². The van der Waals surface area contributed by atoms with Gasteiger partial charge in [0.05, 0.1) is 10.7 Å². The first-order valence-corrected chi connectivity index (χ1v) is 6.48. The van der Waals surface area contributed by atoms with Crippen LogP contribution in [0.25, 0.3) is 0 Å². The van der Waals surface area contributed by atoms with Crippen LogP contribution in [-0.2, 0) is 4.79 Å². The maximum absolute atomic E-state index is 11.7. The van der Waals surface area contributed by atoms with Crippen molar-refractivity contribution in [3.8, 4) is 0 Å². The van der Waals surface area contributed by atoms with Gasteiger partial charge in [0.15, 0.2) is 0 Å². The number of benzene rings is 1. The Hall–Kier alpha value is -1.46. The van der Waals surface area contributed by atoms with Crippen LogP contribution in [-0.4, -0.2) is 23.1 Å². The number of hydrogen-bond acceptors (Lipinski definition) is 2. The number of aliphatic carboxylic acids is 1. The Morgan fingerprint density at radius 3 is 2.58 bits per heavy atom. The molecule has 1 aromatic carbocycles. The third-order valence-electron chi connectivity index (χ3n) is 2.82. The second kappa shape index (κ2) is 5.67. The Kier molecular flexibility index (Phi) is 4.17. The SMILES string of the molecule is O=C(Nc1cc(Cl)ccc1Cl)NC(C(=O)O)C1CC1. The average molecular weight is 303 g/mol. The van der Waals surface area contributed by atoms with Crippen LogP contribution in [0.3, 0.4) is 0 Å². The number of urea groups is 1. The van der Waals surface area contributed by atoms with Crippen molar-refractivity contribution >= 4 is 40.9 Å². The molecule has 3 N–H and O–H groups in total. The van der Waals surface area contributed by atoms with Crippen LogP contribution in [0.2, 0.25) is 10.0 Å². The maximum atomic E-state index is 11.7. The topological polar surface area (TPSA) is 78.4 Å². The summed E-state index contributed by atoms with van der Waals surface area (Å²) in [4.78, 5) is 22.7. The highest BCUT2D eigenvalue weighted by Crippen LogP contribution is 2.33. The number of carboxylic acids is 1. The predicted octanol–water partition coefficient (Wildman–Crippen LogP) is 2.98. The lowest BCUT2D eigenvalue weighted by Crippen LogP contribution is -2.44. The number of carboxylic acid groups (broad SMARTS) is 1. The lowest BCUT2D eigenvalue weighted by atomic mass is 10.2. The Morgan fingerprint density at radius 1 is 1.32 bits per heavy atom. The summed E-state index contributed by atoms with van der Waals surface area (Å²) in [6.07, 6.45) is 1.63. The molecule has 1 unspecified atom stereocenters. The normalized spacial score (nSPS) is 15.7. The summed E-state index contributed by atoms with van der Waals surface area (Å²) in [6.45, 7) is 0. The van der Waals surface area contributed by atoms with Crippen LogP contribution in [0, 0.1) is 5.92 Å². The Balaban J connectivity index is 2.00. The van der Waals surface area contributed by atoms with Crippen LogP contribution in [0.4, 0.5) is 10.5 Å². The zero-order valence-corrected chi connectivity index (χ0v) is 11.3. The molecule has 1 aromatic rings. The predicted molar refractivity (Wildman–Crippen MR) is 72.8 cm³/mol. The molecule has 5 nitrogen and oxygen atoms in total. The van der Waals surface area contributed by atoms with Gasteiger partial charge in [-0.15, -0.1) is 0 Å². The average Bonchev–Trinajstić information content (AvgIpc) is 3.14. The van der Waals surface area contributed by atoms with Gasteiger partial charge < -0.3 is 15.7 Å². The molecule has 19 heavy (non-hydrogen) atoms. The summed E-state index contributed by atoms with van der Waals surface area (Å²) < 4.78 is 0. The molecule has 102 valence electrons. The first-order chi connectivity index (χ1) is 8.97. The van der Waals surface area contributed by atoms with E-state index in [-0.39, 0.29) is 5.92 Å². The van der Waals surface area contributed by atoms with Gasteiger partial charge in [0.25, 0.3) is 0 Å². The zero-order chi connectivity index (χ0) is 14.0. The molecule has 0 saturated heterocycles. The summed E-state index contributed by atoms with van der Waals surface area (Å²) in [7, 11) is 0. The van der Waals surface area contributed by atoms with Gasteiger partial charge >= 0.3 is 12.0 Å². The second-order valence-corrected chi connectivity index (χ2v) is 5.22. The third kappa shape index (κ3) is 3.75. The summed E-state index contributed by atoms with van der Waals surface area (Å²) >= 11 is 11.7. The van der Waals surface area contributed by atoms with Gasteiger partial charge in [0.1, 0.15) is 6.04 Å². The number of rotatable bonds is 4. The van der Waals surface area contributed by atoms with Crippen molar-refractivity contribution in [2.75, 3.05) is 5.32 Å². The summed E-state index contributed by atoms with van der Waals surface area (Å²) in [6, 6.07) is 3.17. The number of halogens is 2. The molecule has 0 aromatic heterocycles. The van der Waals surface area contributed by atoms with Crippen LogP contribution >= 0.6 is 23.2 Å². The molecule has 1 atom stereocenters. The zero-order valence-electron chi connectivity index (χ0n) is 9.82. The highest BCUT2D eigenvalue weighted by atomic mass is 35.5. The van der Waals surface area contributed by atoms with E-state index >= 15 is 0 Å². The van der Waals surface area contributed by atoms with Gasteiger partial charge in [0, 0.05) is 5.02 Å². The highest BCUT2D eigenvalue weighted by molar-refractivity contribution is 6.35. The molecule has 0 heterocycles. The fourth-order valence-corrected chi connectivity index (χ4v) is 2.04. The third-order valence-corrected chi connectivity index (χ3v) is 3.39. The quantitative estimate of drug-likeness (QED) is 0.800. The molecule has 0 spiro atoms. The fraction of sp³-hybridized carbons (Fsp3) is 0.333. The number of hydrogen-bond donors (Lipinski definition) is 3. The molecule has 1 saturated carbocycles. The number of amides is 2. The molecule has 1 fully saturated rings. The molecule has 2 amide bonds. The van der Waals surface area contributed by atoms with Crippen LogP contribution in [0.1, 0.15) is 12.8 Å². The Labute approximate surface area is 119 Å². The Bertz CT molecular complexity index is 518. The number of anilines is 1.